The van der Waals surface area contributed by atoms with E-state index in [9.17, 15) is 18.0 Å². The number of nitrogens with one attached hydrogen (secondary N) is 1. The fourth-order valence-electron chi connectivity index (χ4n) is 1.77. The summed E-state index contributed by atoms with van der Waals surface area (Å²) in [7, 11) is 0. The van der Waals surface area contributed by atoms with Crippen LogP contribution >= 0.6 is 0 Å². The molecule has 0 aromatic heterocycles. The van der Waals surface area contributed by atoms with Crippen LogP contribution in [0.4, 0.5) is 23.7 Å². The highest BCUT2D eigenvalue weighted by Crippen LogP contribution is 2.32. The second-order valence-electron chi connectivity index (χ2n) is 5.82. The average molecular weight is 319 g/mol. The molecule has 1 aromatic rings. The van der Waals surface area contributed by atoms with Crippen LogP contribution in [-0.2, 0) is 17.3 Å². The van der Waals surface area contributed by atoms with Crippen LogP contribution in [0.25, 0.3) is 0 Å². The lowest BCUT2D eigenvalue weighted by atomic mass is 10.0. The Morgan fingerprint density at radius 1 is 1.27 bits per heavy atom. The minimum absolute atomic E-state index is 0.0394. The number of carbonyl (C=O) groups is 1. The van der Waals surface area contributed by atoms with Gasteiger partial charge in [0.25, 0.3) is 0 Å². The predicted molar refractivity (Wildman–Crippen MR) is 76.7 cm³/mol. The van der Waals surface area contributed by atoms with Crippen molar-refractivity contribution in [2.45, 2.75) is 45.4 Å². The van der Waals surface area contributed by atoms with Crippen LogP contribution in [0.3, 0.4) is 0 Å². The maximum Gasteiger partial charge on any atom is 0.416 e. The van der Waals surface area contributed by atoms with E-state index in [1.807, 2.05) is 0 Å². The number of anilines is 1. The Hall–Kier alpha value is -1.76. The molecule has 0 aliphatic heterocycles. The van der Waals surface area contributed by atoms with Crippen molar-refractivity contribution < 1.29 is 27.8 Å². The third kappa shape index (κ3) is 5.93. The van der Waals surface area contributed by atoms with Crippen molar-refractivity contribution in [3.8, 4) is 0 Å². The quantitative estimate of drug-likeness (QED) is 0.882. The fourth-order valence-corrected chi connectivity index (χ4v) is 1.77. The molecule has 0 spiro atoms. The third-order valence-corrected chi connectivity index (χ3v) is 2.68. The molecule has 0 heterocycles. The van der Waals surface area contributed by atoms with Crippen molar-refractivity contribution in [3.05, 3.63) is 29.3 Å². The smallest absolute Gasteiger partial charge is 0.416 e. The molecule has 0 bridgehead atoms. The molecule has 0 aliphatic carbocycles. The van der Waals surface area contributed by atoms with Crippen molar-refractivity contribution in [2.75, 3.05) is 11.9 Å². The summed E-state index contributed by atoms with van der Waals surface area (Å²) in [6, 6.07) is 3.12. The monoisotopic (exact) mass is 319 g/mol. The molecule has 1 rings (SSSR count). The number of rotatable bonds is 4. The summed E-state index contributed by atoms with van der Waals surface area (Å²) < 4.78 is 43.4. The lowest BCUT2D eigenvalue weighted by Crippen LogP contribution is -2.27. The first kappa shape index (κ1) is 18.3. The number of alkyl halides is 3. The van der Waals surface area contributed by atoms with Gasteiger partial charge in [-0.05, 0) is 51.3 Å². The van der Waals surface area contributed by atoms with Crippen LogP contribution < -0.4 is 5.32 Å². The van der Waals surface area contributed by atoms with Crippen molar-refractivity contribution in [1.82, 2.24) is 0 Å². The second kappa shape index (κ2) is 7.00. The average Bonchev–Trinajstić information content (AvgIpc) is 2.33. The van der Waals surface area contributed by atoms with Gasteiger partial charge in [-0.3, -0.25) is 5.32 Å². The number of aryl methyl sites for hydroxylation is 1. The number of hydrogen-bond donors (Lipinski definition) is 2. The first-order chi connectivity index (χ1) is 10.0. The number of halogens is 3. The topological polar surface area (TPSA) is 58.6 Å². The van der Waals surface area contributed by atoms with Crippen LogP contribution in [0.1, 0.15) is 38.3 Å². The Morgan fingerprint density at radius 3 is 2.41 bits per heavy atom. The van der Waals surface area contributed by atoms with E-state index in [0.717, 1.165) is 12.1 Å². The predicted octanol–water partition coefficient (Wildman–Crippen LogP) is 3.98. The van der Waals surface area contributed by atoms with Crippen molar-refractivity contribution in [3.63, 3.8) is 0 Å². The molecule has 0 fully saturated rings. The van der Waals surface area contributed by atoms with Crippen molar-refractivity contribution >= 4 is 11.8 Å². The first-order valence-electron chi connectivity index (χ1n) is 6.84. The van der Waals surface area contributed by atoms with Gasteiger partial charge < -0.3 is 9.84 Å². The molecule has 1 amide bonds. The van der Waals surface area contributed by atoms with E-state index in [1.54, 1.807) is 20.8 Å². The zero-order chi connectivity index (χ0) is 17.0. The van der Waals surface area contributed by atoms with Crippen molar-refractivity contribution in [2.24, 2.45) is 0 Å². The number of aliphatic hydroxyl groups excluding tert-OH is 1. The van der Waals surface area contributed by atoms with Gasteiger partial charge in [0.2, 0.25) is 0 Å². The van der Waals surface area contributed by atoms with Crippen LogP contribution in [0, 0.1) is 0 Å². The van der Waals surface area contributed by atoms with E-state index in [-0.39, 0.29) is 12.3 Å². The molecule has 22 heavy (non-hydrogen) atoms. The Morgan fingerprint density at radius 2 is 1.91 bits per heavy atom. The molecule has 0 aliphatic rings. The summed E-state index contributed by atoms with van der Waals surface area (Å²) in [6.07, 6.45) is -4.59. The van der Waals surface area contributed by atoms with Crippen LogP contribution in [0.5, 0.6) is 0 Å². The summed E-state index contributed by atoms with van der Waals surface area (Å²) in [5.74, 6) is 0. The highest BCUT2D eigenvalue weighted by Gasteiger charge is 2.31. The zero-order valence-corrected chi connectivity index (χ0v) is 12.8. The molecular weight excluding hydrogens is 299 g/mol. The molecule has 7 heteroatoms. The lowest BCUT2D eigenvalue weighted by Gasteiger charge is -2.21. The standard InChI is InChI=1S/C15H20F3NO3/c1-14(2,3)22-13(21)19-12-9-11(15(16,17)18)7-6-10(12)5-4-8-20/h6-7,9,20H,4-5,8H2,1-3H3,(H,19,21). The minimum atomic E-state index is -4.50. The van der Waals surface area contributed by atoms with Gasteiger partial charge in [-0.25, -0.2) is 4.79 Å². The number of ether oxygens (including phenoxy) is 1. The van der Waals surface area contributed by atoms with Crippen LogP contribution in [0.2, 0.25) is 0 Å². The van der Waals surface area contributed by atoms with E-state index in [4.69, 9.17) is 9.84 Å². The van der Waals surface area contributed by atoms with E-state index >= 15 is 0 Å². The lowest BCUT2D eigenvalue weighted by molar-refractivity contribution is -0.137. The summed E-state index contributed by atoms with van der Waals surface area (Å²) in [5, 5.41) is 11.2. The summed E-state index contributed by atoms with van der Waals surface area (Å²) >= 11 is 0. The number of benzene rings is 1. The third-order valence-electron chi connectivity index (χ3n) is 2.68. The van der Waals surface area contributed by atoms with Crippen LogP contribution in [-0.4, -0.2) is 23.4 Å². The van der Waals surface area contributed by atoms with Gasteiger partial charge in [-0.1, -0.05) is 6.07 Å². The largest absolute Gasteiger partial charge is 0.444 e. The van der Waals surface area contributed by atoms with E-state index in [2.05, 4.69) is 5.32 Å². The number of aliphatic hydroxyl groups is 1. The molecule has 2 N–H and O–H groups in total. The molecule has 0 unspecified atom stereocenters. The Kier molecular flexibility index (Phi) is 5.82. The Labute approximate surface area is 127 Å². The highest BCUT2D eigenvalue weighted by molar-refractivity contribution is 5.86. The molecule has 0 atom stereocenters. The normalized spacial score (nSPS) is 12.1. The summed E-state index contributed by atoms with van der Waals surface area (Å²) in [4.78, 5) is 11.8. The minimum Gasteiger partial charge on any atom is -0.444 e. The van der Waals surface area contributed by atoms with Crippen LogP contribution in [0.15, 0.2) is 18.2 Å². The van der Waals surface area contributed by atoms with Gasteiger partial charge in [0, 0.05) is 12.3 Å². The number of hydrogen-bond acceptors (Lipinski definition) is 3. The fraction of sp³-hybridized carbons (Fsp3) is 0.533. The molecule has 0 radical (unpaired) electrons. The number of carbonyl (C=O) groups excluding carboxylic acids is 1. The van der Waals surface area contributed by atoms with Gasteiger partial charge >= 0.3 is 12.3 Å². The van der Waals surface area contributed by atoms with E-state index < -0.39 is 23.4 Å². The second-order valence-corrected chi connectivity index (χ2v) is 5.82. The Balaban J connectivity index is 3.03. The molecule has 0 saturated carbocycles. The zero-order valence-electron chi connectivity index (χ0n) is 12.8. The molecule has 0 saturated heterocycles. The van der Waals surface area contributed by atoms with Gasteiger partial charge in [0.15, 0.2) is 0 Å². The molecule has 4 nitrogen and oxygen atoms in total. The maximum absolute atomic E-state index is 12.8. The van der Waals surface area contributed by atoms with Gasteiger partial charge in [0.05, 0.1) is 5.56 Å². The van der Waals surface area contributed by atoms with E-state index in [0.29, 0.717) is 18.4 Å². The maximum atomic E-state index is 12.8. The molecule has 1 aromatic carbocycles. The Bertz CT molecular complexity index is 522. The summed E-state index contributed by atoms with van der Waals surface area (Å²) in [5.41, 5.74) is -1.06. The van der Waals surface area contributed by atoms with Crippen molar-refractivity contribution in [1.29, 1.82) is 0 Å². The van der Waals surface area contributed by atoms with Gasteiger partial charge in [-0.15, -0.1) is 0 Å². The van der Waals surface area contributed by atoms with Gasteiger partial charge in [-0.2, -0.15) is 13.2 Å². The van der Waals surface area contributed by atoms with Gasteiger partial charge in [0.1, 0.15) is 5.60 Å². The SMILES string of the molecule is CC(C)(C)OC(=O)Nc1cc(C(F)(F)F)ccc1CCCO. The molecular formula is C15H20F3NO3. The summed E-state index contributed by atoms with van der Waals surface area (Å²) in [6.45, 7) is 4.88. The van der Waals surface area contributed by atoms with E-state index in [1.165, 1.54) is 6.07 Å². The first-order valence-corrected chi connectivity index (χ1v) is 6.84. The number of amides is 1. The highest BCUT2D eigenvalue weighted by atomic mass is 19.4. The molecule has 124 valence electrons.